The Morgan fingerprint density at radius 1 is 1.07 bits per heavy atom. The topological polar surface area (TPSA) is 70.5 Å². The van der Waals surface area contributed by atoms with E-state index in [1.54, 1.807) is 0 Å². The minimum absolute atomic E-state index is 0.396. The predicted octanol–water partition coefficient (Wildman–Crippen LogP) is 1.44. The lowest BCUT2D eigenvalue weighted by Crippen LogP contribution is -2.38. The first-order valence-electron chi connectivity index (χ1n) is 9.56. The summed E-state index contributed by atoms with van der Waals surface area (Å²) in [6.45, 7) is 9.05. The van der Waals surface area contributed by atoms with E-state index in [9.17, 15) is 0 Å². The number of aryl methyl sites for hydroxylation is 2. The van der Waals surface area contributed by atoms with Gasteiger partial charge in [-0.15, -0.1) is 0 Å². The van der Waals surface area contributed by atoms with Gasteiger partial charge in [0, 0.05) is 57.2 Å². The number of nitrogens with zero attached hydrogens (tertiary/aromatic N) is 7. The van der Waals surface area contributed by atoms with Crippen LogP contribution in [0.4, 0.5) is 17.6 Å². The molecule has 8 nitrogen and oxygen atoms in total. The van der Waals surface area contributed by atoms with Crippen molar-refractivity contribution in [2.45, 2.75) is 26.3 Å². The SMILES string of the molecule is Cc1cc(N2CCC(N(C)c3ccnc(N4CCOCC4)n3)C2)nc(C)n1. The van der Waals surface area contributed by atoms with Crippen LogP contribution < -0.4 is 14.7 Å². The molecule has 2 aliphatic rings. The standard InChI is InChI=1S/C19H27N7O/c1-14-12-18(22-15(2)21-14)26-7-5-16(13-26)24(3)17-4-6-20-19(23-17)25-8-10-27-11-9-25/h4,6,12,16H,5,7-11,13H2,1-3H3. The predicted molar refractivity (Wildman–Crippen MR) is 106 cm³/mol. The molecule has 2 saturated heterocycles. The summed E-state index contributed by atoms with van der Waals surface area (Å²) in [6, 6.07) is 4.45. The van der Waals surface area contributed by atoms with Crippen LogP contribution in [0.15, 0.2) is 18.3 Å². The molecule has 0 radical (unpaired) electrons. The van der Waals surface area contributed by atoms with E-state index in [1.807, 2.05) is 26.1 Å². The van der Waals surface area contributed by atoms with E-state index >= 15 is 0 Å². The molecule has 2 aromatic heterocycles. The van der Waals surface area contributed by atoms with Crippen molar-refractivity contribution in [2.75, 3.05) is 61.1 Å². The van der Waals surface area contributed by atoms with Gasteiger partial charge in [0.1, 0.15) is 17.5 Å². The molecule has 1 unspecified atom stereocenters. The smallest absolute Gasteiger partial charge is 0.227 e. The van der Waals surface area contributed by atoms with Crippen LogP contribution in [0.25, 0.3) is 0 Å². The molecule has 1 atom stereocenters. The molecular weight excluding hydrogens is 342 g/mol. The highest BCUT2D eigenvalue weighted by molar-refractivity contribution is 5.47. The summed E-state index contributed by atoms with van der Waals surface area (Å²) in [5, 5.41) is 0. The zero-order chi connectivity index (χ0) is 18.8. The van der Waals surface area contributed by atoms with E-state index in [1.165, 1.54) is 0 Å². The third kappa shape index (κ3) is 3.95. The second-order valence-corrected chi connectivity index (χ2v) is 7.23. The molecule has 4 heterocycles. The highest BCUT2D eigenvalue weighted by Gasteiger charge is 2.28. The van der Waals surface area contributed by atoms with Gasteiger partial charge in [0.15, 0.2) is 0 Å². The summed E-state index contributed by atoms with van der Waals surface area (Å²) in [5.74, 6) is 3.60. The van der Waals surface area contributed by atoms with E-state index < -0.39 is 0 Å². The second kappa shape index (κ2) is 7.64. The van der Waals surface area contributed by atoms with Crippen molar-refractivity contribution in [3.63, 3.8) is 0 Å². The molecule has 0 N–H and O–H groups in total. The summed E-state index contributed by atoms with van der Waals surface area (Å²) < 4.78 is 5.43. The van der Waals surface area contributed by atoms with Gasteiger partial charge in [-0.2, -0.15) is 4.98 Å². The summed E-state index contributed by atoms with van der Waals surface area (Å²) in [6.07, 6.45) is 2.93. The molecule has 2 aromatic rings. The first kappa shape index (κ1) is 17.9. The van der Waals surface area contributed by atoms with Crippen LogP contribution in [0.3, 0.4) is 0 Å². The van der Waals surface area contributed by atoms with Crippen molar-refractivity contribution in [2.24, 2.45) is 0 Å². The van der Waals surface area contributed by atoms with Crippen LogP contribution in [-0.4, -0.2) is 72.4 Å². The molecule has 144 valence electrons. The first-order chi connectivity index (χ1) is 13.1. The van der Waals surface area contributed by atoms with Gasteiger partial charge in [0.05, 0.1) is 13.2 Å². The molecule has 0 aromatic carbocycles. The fourth-order valence-electron chi connectivity index (χ4n) is 3.76. The van der Waals surface area contributed by atoms with Gasteiger partial charge < -0.3 is 19.4 Å². The van der Waals surface area contributed by atoms with Crippen LogP contribution in [0, 0.1) is 13.8 Å². The first-order valence-corrected chi connectivity index (χ1v) is 9.56. The van der Waals surface area contributed by atoms with Crippen molar-refractivity contribution >= 4 is 17.6 Å². The molecule has 27 heavy (non-hydrogen) atoms. The fourth-order valence-corrected chi connectivity index (χ4v) is 3.76. The lowest BCUT2D eigenvalue weighted by Gasteiger charge is -2.29. The summed E-state index contributed by atoms with van der Waals surface area (Å²) in [5.41, 5.74) is 1.01. The molecule has 4 rings (SSSR count). The lowest BCUT2D eigenvalue weighted by atomic mass is 10.2. The summed E-state index contributed by atoms with van der Waals surface area (Å²) in [7, 11) is 2.12. The number of morpholine rings is 1. The molecule has 0 bridgehead atoms. The summed E-state index contributed by atoms with van der Waals surface area (Å²) in [4.78, 5) is 25.1. The number of anilines is 3. The Morgan fingerprint density at radius 3 is 2.67 bits per heavy atom. The molecule has 0 spiro atoms. The third-order valence-corrected chi connectivity index (χ3v) is 5.27. The van der Waals surface area contributed by atoms with E-state index in [-0.39, 0.29) is 0 Å². The van der Waals surface area contributed by atoms with Crippen LogP contribution in [0.1, 0.15) is 17.9 Å². The van der Waals surface area contributed by atoms with Crippen LogP contribution in [-0.2, 0) is 4.74 Å². The highest BCUT2D eigenvalue weighted by atomic mass is 16.5. The summed E-state index contributed by atoms with van der Waals surface area (Å²) >= 11 is 0. The van der Waals surface area contributed by atoms with E-state index in [0.717, 1.165) is 74.9 Å². The third-order valence-electron chi connectivity index (χ3n) is 5.27. The maximum atomic E-state index is 5.43. The Balaban J connectivity index is 1.46. The van der Waals surface area contributed by atoms with Crippen molar-refractivity contribution in [3.8, 4) is 0 Å². The Kier molecular flexibility index (Phi) is 5.07. The largest absolute Gasteiger partial charge is 0.378 e. The van der Waals surface area contributed by atoms with Crippen LogP contribution in [0.2, 0.25) is 0 Å². The highest BCUT2D eigenvalue weighted by Crippen LogP contribution is 2.25. The average molecular weight is 369 g/mol. The fraction of sp³-hybridized carbons (Fsp3) is 0.579. The normalized spacial score (nSPS) is 20.2. The quantitative estimate of drug-likeness (QED) is 0.802. The number of hydrogen-bond acceptors (Lipinski definition) is 8. The minimum atomic E-state index is 0.396. The van der Waals surface area contributed by atoms with Crippen molar-refractivity contribution < 1.29 is 4.74 Å². The second-order valence-electron chi connectivity index (χ2n) is 7.23. The maximum absolute atomic E-state index is 5.43. The van der Waals surface area contributed by atoms with Gasteiger partial charge in [-0.05, 0) is 26.3 Å². The van der Waals surface area contributed by atoms with Crippen molar-refractivity contribution in [3.05, 3.63) is 29.8 Å². The van der Waals surface area contributed by atoms with Crippen LogP contribution in [0.5, 0.6) is 0 Å². The van der Waals surface area contributed by atoms with Gasteiger partial charge in [0.25, 0.3) is 0 Å². The Morgan fingerprint density at radius 2 is 1.89 bits per heavy atom. The molecule has 0 aliphatic carbocycles. The number of hydrogen-bond donors (Lipinski definition) is 0. The molecule has 2 fully saturated rings. The zero-order valence-corrected chi connectivity index (χ0v) is 16.3. The van der Waals surface area contributed by atoms with Gasteiger partial charge in [0.2, 0.25) is 5.95 Å². The molecule has 0 saturated carbocycles. The molecular formula is C19H27N7O. The minimum Gasteiger partial charge on any atom is -0.378 e. The van der Waals surface area contributed by atoms with Gasteiger partial charge >= 0.3 is 0 Å². The molecule has 8 heteroatoms. The average Bonchev–Trinajstić information content (AvgIpc) is 3.18. The van der Waals surface area contributed by atoms with E-state index in [2.05, 4.69) is 42.8 Å². The van der Waals surface area contributed by atoms with E-state index in [0.29, 0.717) is 6.04 Å². The van der Waals surface area contributed by atoms with E-state index in [4.69, 9.17) is 9.72 Å². The maximum Gasteiger partial charge on any atom is 0.227 e. The molecule has 2 aliphatic heterocycles. The Bertz CT molecular complexity index is 773. The van der Waals surface area contributed by atoms with Gasteiger partial charge in [-0.1, -0.05) is 0 Å². The monoisotopic (exact) mass is 369 g/mol. The number of aromatic nitrogens is 4. The number of rotatable bonds is 4. The Labute approximate surface area is 160 Å². The lowest BCUT2D eigenvalue weighted by molar-refractivity contribution is 0.122. The zero-order valence-electron chi connectivity index (χ0n) is 16.3. The van der Waals surface area contributed by atoms with Gasteiger partial charge in [-0.25, -0.2) is 15.0 Å². The van der Waals surface area contributed by atoms with Crippen LogP contribution >= 0.6 is 0 Å². The van der Waals surface area contributed by atoms with Crippen molar-refractivity contribution in [1.29, 1.82) is 0 Å². The Hall–Kier alpha value is -2.48. The van der Waals surface area contributed by atoms with Crippen molar-refractivity contribution in [1.82, 2.24) is 19.9 Å². The number of likely N-dealkylation sites (N-methyl/N-ethyl adjacent to an activating group) is 1. The van der Waals surface area contributed by atoms with Gasteiger partial charge in [-0.3, -0.25) is 0 Å². The number of ether oxygens (including phenoxy) is 1. The molecule has 0 amide bonds.